The van der Waals surface area contributed by atoms with E-state index in [4.69, 9.17) is 0 Å². The topological polar surface area (TPSA) is 3.24 Å². The van der Waals surface area contributed by atoms with Crippen LogP contribution in [-0.2, 0) is 0 Å². The predicted molar refractivity (Wildman–Crippen MR) is 47.6 cm³/mol. The lowest BCUT2D eigenvalue weighted by Crippen LogP contribution is -2.44. The Hall–Kier alpha value is -0.0400. The summed E-state index contributed by atoms with van der Waals surface area (Å²) >= 11 is 0. The average molecular weight is 153 g/mol. The molecule has 0 aromatic heterocycles. The lowest BCUT2D eigenvalue weighted by atomic mass is 9.65. The molecule has 1 atom stereocenters. The van der Waals surface area contributed by atoms with Gasteiger partial charge in [-0.05, 0) is 44.7 Å². The molecule has 64 valence electrons. The van der Waals surface area contributed by atoms with Crippen LogP contribution in [0.2, 0.25) is 0 Å². The number of hydrogen-bond donors (Lipinski definition) is 0. The largest absolute Gasteiger partial charge is 0.303 e. The Morgan fingerprint density at radius 1 is 1.27 bits per heavy atom. The normalized spacial score (nSPS) is 37.1. The van der Waals surface area contributed by atoms with Crippen LogP contribution in [0.3, 0.4) is 0 Å². The molecule has 0 aromatic rings. The van der Waals surface area contributed by atoms with Crippen LogP contribution in [0.1, 0.15) is 39.0 Å². The third kappa shape index (κ3) is 1.10. The molecule has 2 rings (SSSR count). The van der Waals surface area contributed by atoms with Crippen molar-refractivity contribution in [3.8, 4) is 0 Å². The number of likely N-dealkylation sites (tertiary alicyclic amines) is 1. The first-order chi connectivity index (χ1) is 5.22. The van der Waals surface area contributed by atoms with E-state index in [-0.39, 0.29) is 0 Å². The summed E-state index contributed by atoms with van der Waals surface area (Å²) in [7, 11) is 2.29. The van der Waals surface area contributed by atoms with E-state index in [1.54, 1.807) is 0 Å². The van der Waals surface area contributed by atoms with Crippen molar-refractivity contribution in [2.45, 2.75) is 45.1 Å². The highest BCUT2D eigenvalue weighted by Gasteiger charge is 2.42. The molecule has 11 heavy (non-hydrogen) atoms. The molecule has 0 amide bonds. The van der Waals surface area contributed by atoms with Crippen molar-refractivity contribution in [1.29, 1.82) is 0 Å². The van der Waals surface area contributed by atoms with Crippen molar-refractivity contribution in [1.82, 2.24) is 4.90 Å². The van der Waals surface area contributed by atoms with E-state index in [1.807, 2.05) is 0 Å². The predicted octanol–water partition coefficient (Wildman–Crippen LogP) is 2.27. The molecule has 0 N–H and O–H groups in total. The molecule has 0 bridgehead atoms. The summed E-state index contributed by atoms with van der Waals surface area (Å²) in [6.45, 7) is 3.81. The van der Waals surface area contributed by atoms with Crippen LogP contribution in [0.15, 0.2) is 0 Å². The SMILES string of the molecule is CN1CCCC1C1(C)CCC1. The first kappa shape index (κ1) is 7.60. The minimum atomic E-state index is 0.700. The standard InChI is InChI=1S/C10H19N/c1-10(6-4-7-10)9-5-3-8-11(9)2/h9H,3-8H2,1-2H3. The summed E-state index contributed by atoms with van der Waals surface area (Å²) in [4.78, 5) is 2.57. The zero-order valence-electron chi connectivity index (χ0n) is 7.77. The second-order valence-electron chi connectivity index (χ2n) is 4.65. The van der Waals surface area contributed by atoms with E-state index in [2.05, 4.69) is 18.9 Å². The summed E-state index contributed by atoms with van der Waals surface area (Å²) in [6, 6.07) is 0.913. The van der Waals surface area contributed by atoms with Gasteiger partial charge in [-0.2, -0.15) is 0 Å². The van der Waals surface area contributed by atoms with Crippen molar-refractivity contribution >= 4 is 0 Å². The Morgan fingerprint density at radius 2 is 2.00 bits per heavy atom. The third-order valence-electron chi connectivity index (χ3n) is 3.82. The molecule has 1 unspecified atom stereocenters. The van der Waals surface area contributed by atoms with E-state index in [0.717, 1.165) is 6.04 Å². The number of rotatable bonds is 1. The van der Waals surface area contributed by atoms with E-state index < -0.39 is 0 Å². The highest BCUT2D eigenvalue weighted by Crippen LogP contribution is 2.47. The number of nitrogens with zero attached hydrogens (tertiary/aromatic N) is 1. The Morgan fingerprint density at radius 3 is 2.36 bits per heavy atom. The summed E-state index contributed by atoms with van der Waals surface area (Å²) in [5.74, 6) is 0. The van der Waals surface area contributed by atoms with Gasteiger partial charge in [0.25, 0.3) is 0 Å². The fourth-order valence-electron chi connectivity index (χ4n) is 2.86. The van der Waals surface area contributed by atoms with Crippen molar-refractivity contribution in [3.05, 3.63) is 0 Å². The van der Waals surface area contributed by atoms with Gasteiger partial charge in [0.05, 0.1) is 0 Å². The van der Waals surface area contributed by atoms with Crippen LogP contribution in [-0.4, -0.2) is 24.5 Å². The fraction of sp³-hybridized carbons (Fsp3) is 1.00. The maximum absolute atomic E-state index is 2.57. The average Bonchev–Trinajstić information content (AvgIpc) is 2.30. The van der Waals surface area contributed by atoms with Gasteiger partial charge in [-0.3, -0.25) is 0 Å². The van der Waals surface area contributed by atoms with Gasteiger partial charge < -0.3 is 4.90 Å². The molecular formula is C10H19N. The van der Waals surface area contributed by atoms with E-state index in [1.165, 1.54) is 38.6 Å². The summed E-state index contributed by atoms with van der Waals surface area (Å²) < 4.78 is 0. The van der Waals surface area contributed by atoms with Crippen molar-refractivity contribution < 1.29 is 0 Å². The molecule has 1 aliphatic heterocycles. The van der Waals surface area contributed by atoms with Gasteiger partial charge in [0.2, 0.25) is 0 Å². The Bertz CT molecular complexity index is 149. The molecule has 1 saturated heterocycles. The van der Waals surface area contributed by atoms with Crippen LogP contribution in [0, 0.1) is 5.41 Å². The van der Waals surface area contributed by atoms with Gasteiger partial charge in [-0.1, -0.05) is 13.3 Å². The molecule has 0 radical (unpaired) electrons. The molecular weight excluding hydrogens is 134 g/mol. The second kappa shape index (κ2) is 2.48. The smallest absolute Gasteiger partial charge is 0.0146 e. The lowest BCUT2D eigenvalue weighted by Gasteiger charge is -2.46. The third-order valence-corrected chi connectivity index (χ3v) is 3.82. The van der Waals surface area contributed by atoms with Crippen LogP contribution in [0.25, 0.3) is 0 Å². The zero-order chi connectivity index (χ0) is 7.90. The summed E-state index contributed by atoms with van der Waals surface area (Å²) in [6.07, 6.45) is 7.30. The van der Waals surface area contributed by atoms with Gasteiger partial charge >= 0.3 is 0 Å². The van der Waals surface area contributed by atoms with Crippen LogP contribution in [0.4, 0.5) is 0 Å². The van der Waals surface area contributed by atoms with Gasteiger partial charge in [-0.15, -0.1) is 0 Å². The van der Waals surface area contributed by atoms with Crippen LogP contribution in [0.5, 0.6) is 0 Å². The van der Waals surface area contributed by atoms with Crippen molar-refractivity contribution in [2.24, 2.45) is 5.41 Å². The first-order valence-electron chi connectivity index (χ1n) is 4.93. The molecule has 2 aliphatic rings. The lowest BCUT2D eigenvalue weighted by molar-refractivity contribution is 0.0501. The summed E-state index contributed by atoms with van der Waals surface area (Å²) in [5, 5.41) is 0. The number of hydrogen-bond acceptors (Lipinski definition) is 1. The zero-order valence-corrected chi connectivity index (χ0v) is 7.77. The van der Waals surface area contributed by atoms with E-state index >= 15 is 0 Å². The molecule has 1 heteroatoms. The Labute approximate surface area is 69.8 Å². The highest BCUT2D eigenvalue weighted by atomic mass is 15.2. The summed E-state index contributed by atoms with van der Waals surface area (Å²) in [5.41, 5.74) is 0.700. The molecule has 1 aliphatic carbocycles. The maximum atomic E-state index is 2.57. The van der Waals surface area contributed by atoms with E-state index in [9.17, 15) is 0 Å². The van der Waals surface area contributed by atoms with Gasteiger partial charge in [-0.25, -0.2) is 0 Å². The maximum Gasteiger partial charge on any atom is 0.0146 e. The monoisotopic (exact) mass is 153 g/mol. The first-order valence-corrected chi connectivity index (χ1v) is 4.93. The van der Waals surface area contributed by atoms with Gasteiger partial charge in [0.15, 0.2) is 0 Å². The quantitative estimate of drug-likeness (QED) is 0.558. The molecule has 0 aromatic carbocycles. The molecule has 0 spiro atoms. The van der Waals surface area contributed by atoms with Crippen molar-refractivity contribution in [3.63, 3.8) is 0 Å². The Balaban J connectivity index is 2.02. The molecule has 1 heterocycles. The van der Waals surface area contributed by atoms with Gasteiger partial charge in [0, 0.05) is 6.04 Å². The second-order valence-corrected chi connectivity index (χ2v) is 4.65. The fourth-order valence-corrected chi connectivity index (χ4v) is 2.86. The molecule has 1 nitrogen and oxygen atoms in total. The van der Waals surface area contributed by atoms with Crippen LogP contribution >= 0.6 is 0 Å². The minimum absolute atomic E-state index is 0.700. The molecule has 1 saturated carbocycles. The highest BCUT2D eigenvalue weighted by molar-refractivity contribution is 4.96. The van der Waals surface area contributed by atoms with Gasteiger partial charge in [0.1, 0.15) is 0 Å². The Kier molecular flexibility index (Phi) is 1.71. The van der Waals surface area contributed by atoms with E-state index in [0.29, 0.717) is 5.41 Å². The van der Waals surface area contributed by atoms with Crippen molar-refractivity contribution in [2.75, 3.05) is 13.6 Å². The van der Waals surface area contributed by atoms with Crippen LogP contribution < -0.4 is 0 Å². The minimum Gasteiger partial charge on any atom is -0.303 e. The molecule has 2 fully saturated rings.